The summed E-state index contributed by atoms with van der Waals surface area (Å²) in [4.78, 5) is 3.59. The molecule has 0 spiro atoms. The van der Waals surface area contributed by atoms with E-state index in [0.717, 1.165) is 22.8 Å². The largest absolute Gasteiger partial charge is 0.508 e. The number of rotatable bonds is 8. The molecule has 184 valence electrons. The molecule has 1 fully saturated rings. The number of ether oxygens (including phenoxy) is 1. The number of likely N-dealkylation sites (N-methyl/N-ethyl adjacent to an activating group) is 1. The molecular formula is C29H34N2O3S. The van der Waals surface area contributed by atoms with E-state index in [1.54, 1.807) is 30.0 Å². The number of benzene rings is 3. The zero-order valence-electron chi connectivity index (χ0n) is 20.2. The van der Waals surface area contributed by atoms with Crippen LogP contribution in [0.25, 0.3) is 0 Å². The fourth-order valence-corrected chi connectivity index (χ4v) is 6.91. The van der Waals surface area contributed by atoms with Gasteiger partial charge in [0, 0.05) is 28.6 Å². The van der Waals surface area contributed by atoms with Crippen LogP contribution in [0, 0.1) is 0 Å². The van der Waals surface area contributed by atoms with E-state index in [1.807, 2.05) is 31.3 Å². The molecule has 5 rings (SSSR count). The van der Waals surface area contributed by atoms with Gasteiger partial charge in [0.1, 0.15) is 23.9 Å². The molecule has 0 aliphatic carbocycles. The first-order chi connectivity index (χ1) is 17.1. The van der Waals surface area contributed by atoms with Crippen molar-refractivity contribution in [3.8, 4) is 17.2 Å². The summed E-state index contributed by atoms with van der Waals surface area (Å²) in [5.74, 6) is 1.62. The van der Waals surface area contributed by atoms with Crippen molar-refractivity contribution in [1.82, 2.24) is 10.2 Å². The average molecular weight is 491 g/mol. The highest BCUT2D eigenvalue weighted by atomic mass is 32.2. The third-order valence-electron chi connectivity index (χ3n) is 7.19. The van der Waals surface area contributed by atoms with Gasteiger partial charge >= 0.3 is 0 Å². The Hall–Kier alpha value is -2.67. The number of phenolic OH excluding ortho intramolecular Hbond substituents is 2. The molecule has 5 nitrogen and oxygen atoms in total. The van der Waals surface area contributed by atoms with E-state index in [4.69, 9.17) is 4.74 Å². The van der Waals surface area contributed by atoms with E-state index >= 15 is 0 Å². The molecule has 0 saturated carbocycles. The lowest BCUT2D eigenvalue weighted by atomic mass is 9.82. The van der Waals surface area contributed by atoms with Crippen LogP contribution in [0.3, 0.4) is 0 Å². The lowest BCUT2D eigenvalue weighted by Gasteiger charge is -2.30. The molecule has 2 aliphatic rings. The number of likely N-dealkylation sites (tertiary alicyclic amines) is 1. The first-order valence-electron chi connectivity index (χ1n) is 12.5. The number of hydrogen-bond donors (Lipinski definition) is 3. The minimum atomic E-state index is 0.0782. The van der Waals surface area contributed by atoms with Crippen LogP contribution in [0.5, 0.6) is 17.2 Å². The highest BCUT2D eigenvalue weighted by Gasteiger charge is 2.39. The second kappa shape index (κ2) is 10.9. The zero-order chi connectivity index (χ0) is 24.2. The summed E-state index contributed by atoms with van der Waals surface area (Å²) in [6, 6.07) is 21.7. The molecule has 2 heterocycles. The Labute approximate surface area is 212 Å². The Bertz CT molecular complexity index is 1110. The first-order valence-corrected chi connectivity index (χ1v) is 13.4. The molecule has 0 bridgehead atoms. The molecule has 35 heavy (non-hydrogen) atoms. The molecule has 0 aromatic heterocycles. The van der Waals surface area contributed by atoms with Crippen molar-refractivity contribution >= 4 is 11.8 Å². The third-order valence-corrected chi connectivity index (χ3v) is 8.62. The van der Waals surface area contributed by atoms with Gasteiger partial charge in [0.05, 0.1) is 0 Å². The standard InChI is InChI=1S/C29H34N2O3S/c1-30-28(20-7-12-24(13-8-20)34-18-17-31-15-3-2-4-16-31)27-25-14-11-23(33)19-26(25)35-29(27)21-5-9-22(32)10-6-21/h5-14,19,27-30,32-33H,2-4,15-18H2,1H3. The Morgan fingerprint density at radius 3 is 2.37 bits per heavy atom. The van der Waals surface area contributed by atoms with Crippen LogP contribution in [-0.4, -0.2) is 48.4 Å². The van der Waals surface area contributed by atoms with Crippen molar-refractivity contribution in [2.24, 2.45) is 0 Å². The number of piperidine rings is 1. The van der Waals surface area contributed by atoms with E-state index in [0.29, 0.717) is 6.61 Å². The highest BCUT2D eigenvalue weighted by molar-refractivity contribution is 8.00. The third kappa shape index (κ3) is 5.45. The lowest BCUT2D eigenvalue weighted by molar-refractivity contribution is 0.183. The smallest absolute Gasteiger partial charge is 0.119 e. The van der Waals surface area contributed by atoms with Crippen LogP contribution in [0.1, 0.15) is 53.2 Å². The summed E-state index contributed by atoms with van der Waals surface area (Å²) in [7, 11) is 2.00. The molecule has 3 unspecified atom stereocenters. The number of hydrogen-bond acceptors (Lipinski definition) is 6. The van der Waals surface area contributed by atoms with Gasteiger partial charge in [-0.2, -0.15) is 0 Å². The average Bonchev–Trinajstić information content (AvgIpc) is 3.25. The van der Waals surface area contributed by atoms with Crippen LogP contribution in [0.2, 0.25) is 0 Å². The Balaban J connectivity index is 1.35. The van der Waals surface area contributed by atoms with Crippen molar-refractivity contribution in [2.45, 2.75) is 41.4 Å². The predicted octanol–water partition coefficient (Wildman–Crippen LogP) is 5.85. The summed E-state index contributed by atoms with van der Waals surface area (Å²) in [6.45, 7) is 4.08. The van der Waals surface area contributed by atoms with Gasteiger partial charge < -0.3 is 20.3 Å². The second-order valence-electron chi connectivity index (χ2n) is 9.46. The highest BCUT2D eigenvalue weighted by Crippen LogP contribution is 2.59. The number of aromatic hydroxyl groups is 2. The van der Waals surface area contributed by atoms with Crippen LogP contribution >= 0.6 is 11.8 Å². The molecule has 3 N–H and O–H groups in total. The fourth-order valence-electron chi connectivity index (χ4n) is 5.37. The van der Waals surface area contributed by atoms with Gasteiger partial charge in [-0.15, -0.1) is 11.8 Å². The molecule has 3 aromatic rings. The maximum atomic E-state index is 10.1. The van der Waals surface area contributed by atoms with Crippen molar-refractivity contribution in [3.63, 3.8) is 0 Å². The predicted molar refractivity (Wildman–Crippen MR) is 142 cm³/mol. The maximum absolute atomic E-state index is 10.1. The molecule has 3 aromatic carbocycles. The van der Waals surface area contributed by atoms with E-state index in [1.165, 1.54) is 43.5 Å². The number of thioether (sulfide) groups is 1. The number of phenols is 2. The number of nitrogens with zero attached hydrogens (tertiary/aromatic N) is 1. The normalized spacial score (nSPS) is 20.9. The van der Waals surface area contributed by atoms with E-state index in [9.17, 15) is 10.2 Å². The second-order valence-corrected chi connectivity index (χ2v) is 10.6. The Morgan fingerprint density at radius 1 is 0.943 bits per heavy atom. The Morgan fingerprint density at radius 2 is 1.66 bits per heavy atom. The number of nitrogens with one attached hydrogen (secondary N) is 1. The van der Waals surface area contributed by atoms with Crippen LogP contribution in [0.4, 0.5) is 0 Å². The van der Waals surface area contributed by atoms with Crippen molar-refractivity contribution in [2.75, 3.05) is 33.3 Å². The summed E-state index contributed by atoms with van der Waals surface area (Å²) in [5.41, 5.74) is 3.59. The summed E-state index contributed by atoms with van der Waals surface area (Å²) in [5, 5.41) is 23.6. The van der Waals surface area contributed by atoms with Gasteiger partial charge in [-0.1, -0.05) is 36.8 Å². The molecule has 0 amide bonds. The molecular weight excluding hydrogens is 456 g/mol. The summed E-state index contributed by atoms with van der Waals surface area (Å²) >= 11 is 1.77. The quantitative estimate of drug-likeness (QED) is 0.368. The molecule has 1 saturated heterocycles. The fraction of sp³-hybridized carbons (Fsp3) is 0.379. The van der Waals surface area contributed by atoms with E-state index < -0.39 is 0 Å². The first kappa shape index (κ1) is 24.0. The van der Waals surface area contributed by atoms with Crippen LogP contribution < -0.4 is 10.1 Å². The monoisotopic (exact) mass is 490 g/mol. The van der Waals surface area contributed by atoms with Gasteiger partial charge in [-0.05, 0) is 86.1 Å². The van der Waals surface area contributed by atoms with Crippen molar-refractivity contribution in [1.29, 1.82) is 0 Å². The number of fused-ring (bicyclic) bond motifs is 1. The molecule has 6 heteroatoms. The topological polar surface area (TPSA) is 65.0 Å². The van der Waals surface area contributed by atoms with Gasteiger partial charge in [0.25, 0.3) is 0 Å². The maximum Gasteiger partial charge on any atom is 0.119 e. The summed E-state index contributed by atoms with van der Waals surface area (Å²) in [6.07, 6.45) is 3.95. The van der Waals surface area contributed by atoms with Crippen molar-refractivity contribution < 1.29 is 14.9 Å². The van der Waals surface area contributed by atoms with E-state index in [2.05, 4.69) is 34.5 Å². The van der Waals surface area contributed by atoms with Crippen LogP contribution in [0.15, 0.2) is 71.6 Å². The summed E-state index contributed by atoms with van der Waals surface area (Å²) < 4.78 is 6.06. The lowest BCUT2D eigenvalue weighted by Crippen LogP contribution is -2.33. The Kier molecular flexibility index (Phi) is 7.51. The molecule has 3 atom stereocenters. The molecule has 0 radical (unpaired) electrons. The minimum Gasteiger partial charge on any atom is -0.508 e. The van der Waals surface area contributed by atoms with Gasteiger partial charge in [0.15, 0.2) is 0 Å². The van der Waals surface area contributed by atoms with E-state index in [-0.39, 0.29) is 28.7 Å². The van der Waals surface area contributed by atoms with Gasteiger partial charge in [-0.3, -0.25) is 4.90 Å². The SMILES string of the molecule is CNC(c1ccc(OCCN2CCCCC2)cc1)C1c2ccc(O)cc2SC1c1ccc(O)cc1. The van der Waals surface area contributed by atoms with Gasteiger partial charge in [-0.25, -0.2) is 0 Å². The van der Waals surface area contributed by atoms with Crippen molar-refractivity contribution in [3.05, 3.63) is 83.4 Å². The molecule has 2 aliphatic heterocycles. The van der Waals surface area contributed by atoms with Gasteiger partial charge in [0.2, 0.25) is 0 Å². The van der Waals surface area contributed by atoms with Crippen LogP contribution in [-0.2, 0) is 0 Å². The minimum absolute atomic E-state index is 0.0782. The zero-order valence-corrected chi connectivity index (χ0v) is 21.0.